The monoisotopic (exact) mass is 355 g/mol. The molecule has 0 unspecified atom stereocenters. The van der Waals surface area contributed by atoms with E-state index in [-0.39, 0.29) is 17.5 Å². The fourth-order valence-corrected chi connectivity index (χ4v) is 5.17. The molecule has 0 aliphatic carbocycles. The number of methoxy groups -OCH3 is 1. The molecule has 1 N–H and O–H groups in total. The van der Waals surface area contributed by atoms with Crippen LogP contribution in [-0.4, -0.2) is 48.1 Å². The Morgan fingerprint density at radius 2 is 2.04 bits per heavy atom. The van der Waals surface area contributed by atoms with Gasteiger partial charge >= 0.3 is 6.03 Å². The number of benzene rings is 1. The van der Waals surface area contributed by atoms with E-state index < -0.39 is 0 Å². The van der Waals surface area contributed by atoms with Gasteiger partial charge in [0.15, 0.2) is 0 Å². The average molecular weight is 355 g/mol. The molecule has 140 valence electrons. The third-order valence-electron chi connectivity index (χ3n) is 6.28. The average Bonchev–Trinajstić information content (AvgIpc) is 2.75. The number of aryl methyl sites for hydroxylation is 1. The molecule has 1 aromatic rings. The zero-order chi connectivity index (χ0) is 18.5. The van der Waals surface area contributed by atoms with Crippen LogP contribution in [-0.2, 0) is 6.54 Å². The Bertz CT molecular complexity index is 765. The third kappa shape index (κ3) is 2.37. The summed E-state index contributed by atoms with van der Waals surface area (Å²) in [6.07, 6.45) is 4.28. The van der Waals surface area contributed by atoms with Crippen molar-refractivity contribution in [1.29, 1.82) is 0 Å². The first-order chi connectivity index (χ1) is 12.5. The SMILES string of the molecule is CCN1C(=O)N2Cc3cc(C)cc(OC)c3[C@H](C)C=C2C12CCNCC2. The van der Waals surface area contributed by atoms with E-state index in [1.807, 2.05) is 4.90 Å². The molecule has 5 nitrogen and oxygen atoms in total. The molecule has 2 amide bonds. The minimum absolute atomic E-state index is 0.154. The Morgan fingerprint density at radius 1 is 1.31 bits per heavy atom. The zero-order valence-electron chi connectivity index (χ0n) is 16.3. The van der Waals surface area contributed by atoms with Crippen molar-refractivity contribution >= 4 is 6.03 Å². The van der Waals surface area contributed by atoms with Gasteiger partial charge in [0.2, 0.25) is 0 Å². The van der Waals surface area contributed by atoms with Gasteiger partial charge in [0.1, 0.15) is 5.75 Å². The summed E-state index contributed by atoms with van der Waals surface area (Å²) >= 11 is 0. The van der Waals surface area contributed by atoms with Gasteiger partial charge in [0, 0.05) is 23.7 Å². The van der Waals surface area contributed by atoms with Gasteiger partial charge in [0.25, 0.3) is 0 Å². The van der Waals surface area contributed by atoms with Crippen LogP contribution in [0.3, 0.4) is 0 Å². The predicted molar refractivity (Wildman–Crippen MR) is 102 cm³/mol. The summed E-state index contributed by atoms with van der Waals surface area (Å²) in [6.45, 7) is 9.71. The van der Waals surface area contributed by atoms with E-state index in [4.69, 9.17) is 4.74 Å². The number of carbonyl (C=O) groups excluding carboxylic acids is 1. The maximum absolute atomic E-state index is 13.3. The lowest BCUT2D eigenvalue weighted by atomic mass is 9.82. The van der Waals surface area contributed by atoms with Gasteiger partial charge in [-0.1, -0.05) is 19.1 Å². The second-order valence-corrected chi connectivity index (χ2v) is 7.78. The van der Waals surface area contributed by atoms with Gasteiger partial charge < -0.3 is 15.0 Å². The highest BCUT2D eigenvalue weighted by atomic mass is 16.5. The van der Waals surface area contributed by atoms with E-state index in [0.29, 0.717) is 6.54 Å². The number of ether oxygens (including phenoxy) is 1. The topological polar surface area (TPSA) is 44.8 Å². The summed E-state index contributed by atoms with van der Waals surface area (Å²) < 4.78 is 5.69. The molecule has 0 radical (unpaired) electrons. The van der Waals surface area contributed by atoms with Crippen molar-refractivity contribution in [1.82, 2.24) is 15.1 Å². The molecule has 2 fully saturated rings. The van der Waals surface area contributed by atoms with E-state index in [2.05, 4.69) is 49.2 Å². The summed E-state index contributed by atoms with van der Waals surface area (Å²) in [4.78, 5) is 17.4. The Morgan fingerprint density at radius 3 is 2.69 bits per heavy atom. The molecule has 26 heavy (non-hydrogen) atoms. The summed E-state index contributed by atoms with van der Waals surface area (Å²) in [5, 5.41) is 3.46. The first-order valence-corrected chi connectivity index (χ1v) is 9.71. The molecule has 0 aromatic heterocycles. The molecule has 2 saturated heterocycles. The van der Waals surface area contributed by atoms with Crippen LogP contribution >= 0.6 is 0 Å². The largest absolute Gasteiger partial charge is 0.496 e. The summed E-state index contributed by atoms with van der Waals surface area (Å²) in [7, 11) is 1.74. The number of nitrogens with zero attached hydrogens (tertiary/aromatic N) is 2. The molecule has 3 aliphatic heterocycles. The second-order valence-electron chi connectivity index (χ2n) is 7.78. The van der Waals surface area contributed by atoms with Crippen molar-refractivity contribution in [2.75, 3.05) is 26.7 Å². The fourth-order valence-electron chi connectivity index (χ4n) is 5.17. The maximum atomic E-state index is 13.3. The van der Waals surface area contributed by atoms with Gasteiger partial charge in [0.05, 0.1) is 19.2 Å². The molecule has 0 saturated carbocycles. The normalized spacial score (nSPS) is 24.2. The minimum atomic E-state index is -0.157. The highest BCUT2D eigenvalue weighted by Crippen LogP contribution is 2.47. The Hall–Kier alpha value is -2.01. The van der Waals surface area contributed by atoms with E-state index in [1.165, 1.54) is 22.4 Å². The highest BCUT2D eigenvalue weighted by molar-refractivity contribution is 5.83. The first-order valence-electron chi connectivity index (χ1n) is 9.71. The molecule has 1 spiro atoms. The number of urea groups is 1. The number of allylic oxidation sites excluding steroid dienone is 1. The van der Waals surface area contributed by atoms with Crippen molar-refractivity contribution in [3.8, 4) is 5.75 Å². The lowest BCUT2D eigenvalue weighted by molar-refractivity contribution is 0.141. The van der Waals surface area contributed by atoms with Crippen LogP contribution in [0, 0.1) is 6.92 Å². The number of nitrogens with one attached hydrogen (secondary N) is 1. The van der Waals surface area contributed by atoms with Gasteiger partial charge in [-0.25, -0.2) is 4.79 Å². The molecule has 0 bridgehead atoms. The molecular weight excluding hydrogens is 326 g/mol. The van der Waals surface area contributed by atoms with Crippen molar-refractivity contribution in [3.05, 3.63) is 40.6 Å². The Labute approximate surface area is 156 Å². The molecule has 1 atom stereocenters. The van der Waals surface area contributed by atoms with E-state index in [0.717, 1.165) is 38.2 Å². The summed E-state index contributed by atoms with van der Waals surface area (Å²) in [5.41, 5.74) is 4.65. The first kappa shape index (κ1) is 17.4. The molecule has 4 rings (SSSR count). The number of amides is 2. The van der Waals surface area contributed by atoms with Crippen LogP contribution in [0.1, 0.15) is 49.3 Å². The lowest BCUT2D eigenvalue weighted by Crippen LogP contribution is -2.52. The van der Waals surface area contributed by atoms with Crippen molar-refractivity contribution in [2.24, 2.45) is 0 Å². The molecule has 5 heteroatoms. The highest BCUT2D eigenvalue weighted by Gasteiger charge is 2.53. The molecular formula is C21H29N3O2. The van der Waals surface area contributed by atoms with Crippen molar-refractivity contribution in [3.63, 3.8) is 0 Å². The van der Waals surface area contributed by atoms with Crippen LogP contribution in [0.5, 0.6) is 5.75 Å². The number of carbonyl (C=O) groups is 1. The van der Waals surface area contributed by atoms with Gasteiger partial charge in [-0.15, -0.1) is 0 Å². The number of piperidine rings is 1. The number of rotatable bonds is 2. The van der Waals surface area contributed by atoms with Crippen LogP contribution in [0.4, 0.5) is 4.79 Å². The molecule has 3 aliphatic rings. The molecule has 1 aromatic carbocycles. The summed E-state index contributed by atoms with van der Waals surface area (Å²) in [6, 6.07) is 4.47. The van der Waals surface area contributed by atoms with E-state index in [9.17, 15) is 4.79 Å². The van der Waals surface area contributed by atoms with Crippen LogP contribution in [0.25, 0.3) is 0 Å². The van der Waals surface area contributed by atoms with Gasteiger partial charge in [-0.05, 0) is 57.0 Å². The van der Waals surface area contributed by atoms with Crippen LogP contribution in [0.15, 0.2) is 23.9 Å². The quantitative estimate of drug-likeness (QED) is 0.884. The number of hydrogen-bond donors (Lipinski definition) is 1. The smallest absolute Gasteiger partial charge is 0.325 e. The fraction of sp³-hybridized carbons (Fsp3) is 0.571. The second kappa shape index (κ2) is 6.31. The van der Waals surface area contributed by atoms with Crippen LogP contribution in [0.2, 0.25) is 0 Å². The van der Waals surface area contributed by atoms with Gasteiger partial charge in [-0.3, -0.25) is 4.90 Å². The molecule has 3 heterocycles. The van der Waals surface area contributed by atoms with Crippen LogP contribution < -0.4 is 10.1 Å². The number of likely N-dealkylation sites (N-methyl/N-ethyl adjacent to an activating group) is 1. The standard InChI is InChI=1S/C21H29N3O2/c1-5-24-20(25)23-13-16-10-14(2)11-17(26-4)19(16)15(3)12-18(23)21(24)6-8-22-9-7-21/h10-12,15,22H,5-9,13H2,1-4H3/t15-/m1/s1. The number of hydrogen-bond acceptors (Lipinski definition) is 3. The summed E-state index contributed by atoms with van der Waals surface area (Å²) in [5.74, 6) is 1.15. The predicted octanol–water partition coefficient (Wildman–Crippen LogP) is 3.38. The Balaban J connectivity index is 1.87. The maximum Gasteiger partial charge on any atom is 0.325 e. The zero-order valence-corrected chi connectivity index (χ0v) is 16.3. The van der Waals surface area contributed by atoms with E-state index >= 15 is 0 Å². The van der Waals surface area contributed by atoms with Gasteiger partial charge in [-0.2, -0.15) is 0 Å². The van der Waals surface area contributed by atoms with E-state index in [1.54, 1.807) is 7.11 Å². The third-order valence-corrected chi connectivity index (χ3v) is 6.28. The lowest BCUT2D eigenvalue weighted by Gasteiger charge is -2.41. The minimum Gasteiger partial charge on any atom is -0.496 e. The van der Waals surface area contributed by atoms with Crippen molar-refractivity contribution in [2.45, 2.75) is 51.6 Å². The van der Waals surface area contributed by atoms with Crippen molar-refractivity contribution < 1.29 is 9.53 Å². The Kier molecular flexibility index (Phi) is 4.22. The number of fused-ring (bicyclic) bond motifs is 3.